The third-order valence-corrected chi connectivity index (χ3v) is 5.29. The molecule has 3 aromatic rings. The molecule has 0 saturated carbocycles. The van der Waals surface area contributed by atoms with E-state index < -0.39 is 0 Å². The SMILES string of the molecule is COc1ccc(-c2nnc3sc(CN4CCCCC4)cn23)cc1. The number of hydrogen-bond donors (Lipinski definition) is 0. The number of aromatic nitrogens is 3. The monoisotopic (exact) mass is 328 g/mol. The summed E-state index contributed by atoms with van der Waals surface area (Å²) >= 11 is 1.74. The predicted molar refractivity (Wildman–Crippen MR) is 92.0 cm³/mol. The van der Waals surface area contributed by atoms with E-state index >= 15 is 0 Å². The number of fused-ring (bicyclic) bond motifs is 1. The van der Waals surface area contributed by atoms with Gasteiger partial charge in [-0.3, -0.25) is 9.30 Å². The van der Waals surface area contributed by atoms with Crippen LogP contribution in [0.4, 0.5) is 0 Å². The van der Waals surface area contributed by atoms with Crippen LogP contribution in [0.3, 0.4) is 0 Å². The summed E-state index contributed by atoms with van der Waals surface area (Å²) in [7, 11) is 1.68. The van der Waals surface area contributed by atoms with Crippen molar-refractivity contribution in [3.05, 3.63) is 35.3 Å². The summed E-state index contributed by atoms with van der Waals surface area (Å²) in [6.07, 6.45) is 6.20. The molecule has 1 fully saturated rings. The molecule has 1 aromatic carbocycles. The highest BCUT2D eigenvalue weighted by atomic mass is 32.1. The Kier molecular flexibility index (Phi) is 4.01. The number of hydrogen-bond acceptors (Lipinski definition) is 5. The second-order valence-electron chi connectivity index (χ2n) is 5.94. The van der Waals surface area contributed by atoms with Crippen molar-refractivity contribution in [3.63, 3.8) is 0 Å². The predicted octanol–water partition coefficient (Wildman–Crippen LogP) is 3.45. The molecule has 3 heterocycles. The molecule has 23 heavy (non-hydrogen) atoms. The minimum absolute atomic E-state index is 0.852. The summed E-state index contributed by atoms with van der Waals surface area (Å²) in [4.78, 5) is 4.85. The Morgan fingerprint density at radius 2 is 1.87 bits per heavy atom. The Bertz CT molecular complexity index is 787. The number of benzene rings is 1. The normalized spacial score (nSPS) is 16.0. The molecule has 0 aliphatic carbocycles. The topological polar surface area (TPSA) is 42.7 Å². The molecule has 0 atom stereocenters. The van der Waals surface area contributed by atoms with Crippen molar-refractivity contribution in [3.8, 4) is 17.1 Å². The van der Waals surface area contributed by atoms with Crippen molar-refractivity contribution in [2.24, 2.45) is 0 Å². The fourth-order valence-corrected chi connectivity index (χ4v) is 4.06. The second-order valence-corrected chi connectivity index (χ2v) is 7.03. The number of nitrogens with zero attached hydrogens (tertiary/aromatic N) is 4. The van der Waals surface area contributed by atoms with Gasteiger partial charge >= 0.3 is 0 Å². The molecular formula is C17H20N4OS. The van der Waals surface area contributed by atoms with Gasteiger partial charge in [-0.2, -0.15) is 0 Å². The van der Waals surface area contributed by atoms with E-state index in [4.69, 9.17) is 4.74 Å². The number of methoxy groups -OCH3 is 1. The van der Waals surface area contributed by atoms with Crippen LogP contribution in [-0.2, 0) is 6.54 Å². The summed E-state index contributed by atoms with van der Waals surface area (Å²) in [5.74, 6) is 1.74. The number of thiazole rings is 1. The van der Waals surface area contributed by atoms with Crippen LogP contribution < -0.4 is 4.74 Å². The molecule has 4 rings (SSSR count). The van der Waals surface area contributed by atoms with Crippen molar-refractivity contribution in [1.29, 1.82) is 0 Å². The number of likely N-dealkylation sites (tertiary alicyclic amines) is 1. The van der Waals surface area contributed by atoms with Crippen LogP contribution >= 0.6 is 11.3 Å². The minimum Gasteiger partial charge on any atom is -0.497 e. The molecule has 1 aliphatic heterocycles. The Labute approximate surface area is 139 Å². The molecule has 120 valence electrons. The van der Waals surface area contributed by atoms with Gasteiger partial charge in [-0.15, -0.1) is 10.2 Å². The van der Waals surface area contributed by atoms with Gasteiger partial charge in [0, 0.05) is 23.2 Å². The highest BCUT2D eigenvalue weighted by Gasteiger charge is 2.15. The molecular weight excluding hydrogens is 308 g/mol. The van der Waals surface area contributed by atoms with E-state index in [1.165, 1.54) is 37.2 Å². The standard InChI is InChI=1S/C17H20N4OS/c1-22-14-7-5-13(6-8-14)16-18-19-17-21(16)12-15(23-17)11-20-9-3-2-4-10-20/h5-8,12H,2-4,9-11H2,1H3. The van der Waals surface area contributed by atoms with E-state index in [2.05, 4.69) is 25.7 Å². The lowest BCUT2D eigenvalue weighted by atomic mass is 10.1. The van der Waals surface area contributed by atoms with Crippen LogP contribution in [0.5, 0.6) is 5.75 Å². The first kappa shape index (κ1) is 14.7. The smallest absolute Gasteiger partial charge is 0.216 e. The van der Waals surface area contributed by atoms with Gasteiger partial charge in [-0.25, -0.2) is 0 Å². The zero-order valence-electron chi connectivity index (χ0n) is 13.2. The average Bonchev–Trinajstić information content (AvgIpc) is 3.16. The van der Waals surface area contributed by atoms with E-state index in [9.17, 15) is 0 Å². The fourth-order valence-electron chi connectivity index (χ4n) is 3.10. The van der Waals surface area contributed by atoms with Crippen LogP contribution in [0.25, 0.3) is 16.3 Å². The zero-order chi connectivity index (χ0) is 15.6. The van der Waals surface area contributed by atoms with Gasteiger partial charge in [0.15, 0.2) is 5.82 Å². The van der Waals surface area contributed by atoms with E-state index in [1.807, 2.05) is 24.3 Å². The van der Waals surface area contributed by atoms with Crippen LogP contribution in [-0.4, -0.2) is 39.7 Å². The lowest BCUT2D eigenvalue weighted by molar-refractivity contribution is 0.222. The summed E-state index contributed by atoms with van der Waals surface area (Å²) in [5.41, 5.74) is 1.06. The van der Waals surface area contributed by atoms with Gasteiger partial charge in [0.25, 0.3) is 0 Å². The van der Waals surface area contributed by atoms with Gasteiger partial charge in [0.2, 0.25) is 4.96 Å². The molecule has 6 heteroatoms. The van der Waals surface area contributed by atoms with Gasteiger partial charge in [0.05, 0.1) is 7.11 Å². The molecule has 1 saturated heterocycles. The fraction of sp³-hybridized carbons (Fsp3) is 0.412. The van der Waals surface area contributed by atoms with E-state index in [0.29, 0.717) is 0 Å². The van der Waals surface area contributed by atoms with E-state index in [-0.39, 0.29) is 0 Å². The maximum absolute atomic E-state index is 5.22. The average molecular weight is 328 g/mol. The molecule has 0 amide bonds. The van der Waals surface area contributed by atoms with E-state index in [0.717, 1.165) is 28.6 Å². The third-order valence-electron chi connectivity index (χ3n) is 4.34. The van der Waals surface area contributed by atoms with Crippen molar-refractivity contribution >= 4 is 16.3 Å². The van der Waals surface area contributed by atoms with Gasteiger partial charge < -0.3 is 4.74 Å². The number of piperidine rings is 1. The zero-order valence-corrected chi connectivity index (χ0v) is 14.1. The maximum Gasteiger partial charge on any atom is 0.216 e. The molecule has 0 radical (unpaired) electrons. The van der Waals surface area contributed by atoms with Crippen molar-refractivity contribution in [2.45, 2.75) is 25.8 Å². The van der Waals surface area contributed by atoms with Crippen LogP contribution in [0.2, 0.25) is 0 Å². The Hall–Kier alpha value is -1.92. The van der Waals surface area contributed by atoms with Gasteiger partial charge in [0.1, 0.15) is 5.75 Å². The third kappa shape index (κ3) is 2.96. The highest BCUT2D eigenvalue weighted by molar-refractivity contribution is 7.17. The molecule has 0 bridgehead atoms. The lowest BCUT2D eigenvalue weighted by Gasteiger charge is -2.25. The first-order valence-electron chi connectivity index (χ1n) is 8.04. The molecule has 2 aromatic heterocycles. The van der Waals surface area contributed by atoms with Crippen LogP contribution in [0.15, 0.2) is 30.5 Å². The Balaban J connectivity index is 1.60. The van der Waals surface area contributed by atoms with Gasteiger partial charge in [-0.1, -0.05) is 17.8 Å². The van der Waals surface area contributed by atoms with E-state index in [1.54, 1.807) is 18.4 Å². The Morgan fingerprint density at radius 1 is 1.09 bits per heavy atom. The number of rotatable bonds is 4. The van der Waals surface area contributed by atoms with Crippen molar-refractivity contribution in [1.82, 2.24) is 19.5 Å². The molecule has 0 unspecified atom stereocenters. The van der Waals surface area contributed by atoms with Crippen molar-refractivity contribution < 1.29 is 4.74 Å². The first-order chi connectivity index (χ1) is 11.3. The van der Waals surface area contributed by atoms with Gasteiger partial charge in [-0.05, 0) is 50.2 Å². The first-order valence-corrected chi connectivity index (χ1v) is 8.85. The maximum atomic E-state index is 5.22. The van der Waals surface area contributed by atoms with Crippen LogP contribution in [0, 0.1) is 0 Å². The Morgan fingerprint density at radius 3 is 2.61 bits per heavy atom. The molecule has 0 spiro atoms. The lowest BCUT2D eigenvalue weighted by Crippen LogP contribution is -2.28. The highest BCUT2D eigenvalue weighted by Crippen LogP contribution is 2.26. The number of ether oxygens (including phenoxy) is 1. The summed E-state index contributed by atoms with van der Waals surface area (Å²) in [5, 5.41) is 8.67. The molecule has 1 aliphatic rings. The second kappa shape index (κ2) is 6.29. The minimum atomic E-state index is 0.852. The quantitative estimate of drug-likeness (QED) is 0.736. The van der Waals surface area contributed by atoms with Crippen LogP contribution in [0.1, 0.15) is 24.1 Å². The van der Waals surface area contributed by atoms with Crippen molar-refractivity contribution in [2.75, 3.05) is 20.2 Å². The summed E-state index contributed by atoms with van der Waals surface area (Å²) in [6, 6.07) is 7.96. The largest absolute Gasteiger partial charge is 0.497 e. The summed E-state index contributed by atoms with van der Waals surface area (Å²) < 4.78 is 7.32. The molecule has 5 nitrogen and oxygen atoms in total. The summed E-state index contributed by atoms with van der Waals surface area (Å²) in [6.45, 7) is 3.45. The molecule has 0 N–H and O–H groups in total.